The molecule has 1 saturated heterocycles. The number of aromatic nitrogens is 2. The zero-order valence-electron chi connectivity index (χ0n) is 20.6. The quantitative estimate of drug-likeness (QED) is 0.352. The molecule has 2 aromatic heterocycles. The maximum absolute atomic E-state index is 13.2. The number of fused-ring (bicyclic) bond motifs is 1. The van der Waals surface area contributed by atoms with Crippen LogP contribution in [0.25, 0.3) is 10.9 Å². The van der Waals surface area contributed by atoms with Gasteiger partial charge in [0.05, 0.1) is 23.3 Å². The maximum atomic E-state index is 13.2. The molecule has 4 aromatic rings. The SMILES string of the molecule is C.COc1ncccc1CN1CCN(C(=O)c2ccc(CS(=O)(=O)c3cccc4cccnc34)cc2)CC1. The summed E-state index contributed by atoms with van der Waals surface area (Å²) in [7, 11) is -1.99. The van der Waals surface area contributed by atoms with E-state index < -0.39 is 9.84 Å². The van der Waals surface area contributed by atoms with E-state index in [1.54, 1.807) is 62.0 Å². The average molecular weight is 533 g/mol. The summed E-state index contributed by atoms with van der Waals surface area (Å²) in [5, 5.41) is 0.782. The van der Waals surface area contributed by atoms with Crippen LogP contribution in [0, 0.1) is 0 Å². The number of para-hydroxylation sites is 1. The maximum Gasteiger partial charge on any atom is 0.253 e. The molecule has 3 heterocycles. The fraction of sp³-hybridized carbons (Fsp3) is 0.276. The van der Waals surface area contributed by atoms with Crippen LogP contribution in [0.3, 0.4) is 0 Å². The Balaban J connectivity index is 0.00000336. The summed E-state index contributed by atoms with van der Waals surface area (Å²) in [6, 6.07) is 19.5. The minimum absolute atomic E-state index is 0. The second kappa shape index (κ2) is 11.7. The summed E-state index contributed by atoms with van der Waals surface area (Å²) in [6.07, 6.45) is 3.30. The first kappa shape index (κ1) is 27.2. The van der Waals surface area contributed by atoms with Crippen LogP contribution < -0.4 is 4.74 Å². The van der Waals surface area contributed by atoms with E-state index >= 15 is 0 Å². The average Bonchev–Trinajstić information content (AvgIpc) is 2.93. The highest BCUT2D eigenvalue weighted by Crippen LogP contribution is 2.24. The minimum atomic E-state index is -3.61. The Hall–Kier alpha value is -3.82. The second-order valence-electron chi connectivity index (χ2n) is 9.03. The molecule has 0 aliphatic carbocycles. The Bertz CT molecular complexity index is 1510. The van der Waals surface area contributed by atoms with Crippen molar-refractivity contribution < 1.29 is 17.9 Å². The third-order valence-corrected chi connectivity index (χ3v) is 8.30. The summed E-state index contributed by atoms with van der Waals surface area (Å²) in [5.74, 6) is 0.416. The standard InChI is InChI=1S/C28H28N4O4S.CH4/c1-36-27-24(7-4-14-30-27)19-31-15-17-32(18-16-31)28(33)23-11-9-21(10-12-23)20-37(34,35)25-8-2-5-22-6-3-13-29-26(22)25;/h2-14H,15-20H2,1H3;1H4. The van der Waals surface area contributed by atoms with Gasteiger partial charge >= 0.3 is 0 Å². The van der Waals surface area contributed by atoms with E-state index in [2.05, 4.69) is 14.9 Å². The van der Waals surface area contributed by atoms with Crippen molar-refractivity contribution in [2.45, 2.75) is 24.6 Å². The summed E-state index contributed by atoms with van der Waals surface area (Å²) in [4.78, 5) is 25.9. The number of carbonyl (C=O) groups is 1. The molecule has 1 aliphatic rings. The van der Waals surface area contributed by atoms with Gasteiger partial charge in [-0.3, -0.25) is 14.7 Å². The van der Waals surface area contributed by atoms with E-state index in [9.17, 15) is 13.2 Å². The number of carbonyl (C=O) groups excluding carboxylic acids is 1. The molecule has 8 nitrogen and oxygen atoms in total. The van der Waals surface area contributed by atoms with Gasteiger partial charge in [-0.2, -0.15) is 0 Å². The zero-order chi connectivity index (χ0) is 25.8. The third-order valence-electron chi connectivity index (χ3n) is 6.59. The van der Waals surface area contributed by atoms with Crippen molar-refractivity contribution in [3.8, 4) is 5.88 Å². The Morgan fingerprint density at radius 2 is 1.58 bits per heavy atom. The van der Waals surface area contributed by atoms with Gasteiger partial charge in [-0.05, 0) is 35.9 Å². The highest BCUT2D eigenvalue weighted by atomic mass is 32.2. The van der Waals surface area contributed by atoms with Crippen molar-refractivity contribution in [3.63, 3.8) is 0 Å². The molecule has 1 amide bonds. The monoisotopic (exact) mass is 532 g/mol. The molecule has 1 aliphatic heterocycles. The van der Waals surface area contributed by atoms with Gasteiger partial charge in [-0.15, -0.1) is 0 Å². The van der Waals surface area contributed by atoms with Crippen LogP contribution in [-0.2, 0) is 22.1 Å². The van der Waals surface area contributed by atoms with Crippen molar-refractivity contribution in [1.82, 2.24) is 19.8 Å². The molecule has 0 saturated carbocycles. The molecule has 0 atom stereocenters. The van der Waals surface area contributed by atoms with Gasteiger partial charge in [0.1, 0.15) is 0 Å². The molecule has 9 heteroatoms. The molecule has 38 heavy (non-hydrogen) atoms. The molecule has 0 spiro atoms. The van der Waals surface area contributed by atoms with Gasteiger partial charge < -0.3 is 9.64 Å². The van der Waals surface area contributed by atoms with E-state index in [0.29, 0.717) is 42.2 Å². The Labute approximate surface area is 223 Å². The smallest absolute Gasteiger partial charge is 0.253 e. The Kier molecular flexibility index (Phi) is 8.38. The van der Waals surface area contributed by atoms with Crippen molar-refractivity contribution in [2.24, 2.45) is 0 Å². The number of methoxy groups -OCH3 is 1. The van der Waals surface area contributed by atoms with Gasteiger partial charge in [0.15, 0.2) is 9.84 Å². The van der Waals surface area contributed by atoms with E-state index in [0.717, 1.165) is 24.0 Å². The number of amides is 1. The molecule has 1 fully saturated rings. The Morgan fingerprint density at radius 1 is 0.895 bits per heavy atom. The van der Waals surface area contributed by atoms with Crippen LogP contribution in [0.2, 0.25) is 0 Å². The minimum Gasteiger partial charge on any atom is -0.481 e. The van der Waals surface area contributed by atoms with Gasteiger partial charge in [0.2, 0.25) is 5.88 Å². The predicted octanol–water partition coefficient (Wildman–Crippen LogP) is 4.21. The molecule has 0 radical (unpaired) electrons. The molecule has 5 rings (SSSR count). The first-order chi connectivity index (χ1) is 17.9. The van der Waals surface area contributed by atoms with Crippen molar-refractivity contribution >= 4 is 26.6 Å². The molecular weight excluding hydrogens is 500 g/mol. The van der Waals surface area contributed by atoms with E-state index in [1.807, 2.05) is 29.2 Å². The number of hydrogen-bond acceptors (Lipinski definition) is 7. The number of pyridine rings is 2. The van der Waals surface area contributed by atoms with Gasteiger partial charge in [0.25, 0.3) is 5.91 Å². The Morgan fingerprint density at radius 3 is 2.32 bits per heavy atom. The number of hydrogen-bond donors (Lipinski definition) is 0. The number of piperazine rings is 1. The molecule has 0 bridgehead atoms. The van der Waals surface area contributed by atoms with E-state index in [-0.39, 0.29) is 24.0 Å². The normalized spacial score (nSPS) is 14.2. The zero-order valence-corrected chi connectivity index (χ0v) is 21.4. The van der Waals surface area contributed by atoms with E-state index in [4.69, 9.17) is 4.74 Å². The number of nitrogens with zero attached hydrogens (tertiary/aromatic N) is 4. The number of benzene rings is 2. The van der Waals surface area contributed by atoms with Crippen molar-refractivity contribution in [1.29, 1.82) is 0 Å². The van der Waals surface area contributed by atoms with Gasteiger partial charge in [-0.1, -0.05) is 43.8 Å². The lowest BCUT2D eigenvalue weighted by Gasteiger charge is -2.35. The topological polar surface area (TPSA) is 92.7 Å². The molecule has 2 aromatic carbocycles. The summed E-state index contributed by atoms with van der Waals surface area (Å²) < 4.78 is 31.6. The first-order valence-corrected chi connectivity index (χ1v) is 13.7. The lowest BCUT2D eigenvalue weighted by atomic mass is 10.1. The van der Waals surface area contributed by atoms with Gasteiger partial charge in [0, 0.05) is 61.6 Å². The molecule has 0 unspecified atom stereocenters. The molecular formula is C29H32N4O4S. The highest BCUT2D eigenvalue weighted by molar-refractivity contribution is 7.90. The molecule has 198 valence electrons. The number of rotatable bonds is 7. The third kappa shape index (κ3) is 5.84. The summed E-state index contributed by atoms with van der Waals surface area (Å²) in [6.45, 7) is 3.45. The van der Waals surface area contributed by atoms with Crippen LogP contribution in [-0.4, -0.2) is 67.4 Å². The summed E-state index contributed by atoms with van der Waals surface area (Å²) >= 11 is 0. The van der Waals surface area contributed by atoms with Crippen LogP contribution in [0.4, 0.5) is 0 Å². The van der Waals surface area contributed by atoms with Crippen molar-refractivity contribution in [2.75, 3.05) is 33.3 Å². The first-order valence-electron chi connectivity index (χ1n) is 12.1. The second-order valence-corrected chi connectivity index (χ2v) is 11.0. The van der Waals surface area contributed by atoms with E-state index in [1.165, 1.54) is 0 Å². The van der Waals surface area contributed by atoms with Crippen LogP contribution in [0.5, 0.6) is 5.88 Å². The van der Waals surface area contributed by atoms with Crippen LogP contribution >= 0.6 is 0 Å². The van der Waals surface area contributed by atoms with Gasteiger partial charge in [-0.25, -0.2) is 13.4 Å². The fourth-order valence-corrected chi connectivity index (χ4v) is 6.17. The lowest BCUT2D eigenvalue weighted by Crippen LogP contribution is -2.48. The predicted molar refractivity (Wildman–Crippen MR) is 148 cm³/mol. The van der Waals surface area contributed by atoms with Crippen LogP contribution in [0.1, 0.15) is 28.9 Å². The largest absolute Gasteiger partial charge is 0.481 e. The lowest BCUT2D eigenvalue weighted by molar-refractivity contribution is 0.0627. The van der Waals surface area contributed by atoms with Crippen LogP contribution in [0.15, 0.2) is 84.0 Å². The number of sulfone groups is 1. The number of ether oxygens (including phenoxy) is 1. The highest BCUT2D eigenvalue weighted by Gasteiger charge is 2.24. The molecule has 0 N–H and O–H groups in total. The van der Waals surface area contributed by atoms with Crippen molar-refractivity contribution in [3.05, 3.63) is 95.8 Å². The fourth-order valence-electron chi connectivity index (χ4n) is 4.63. The summed E-state index contributed by atoms with van der Waals surface area (Å²) in [5.41, 5.74) is 2.67.